The summed E-state index contributed by atoms with van der Waals surface area (Å²) in [6, 6.07) is 5.60. The van der Waals surface area contributed by atoms with E-state index in [1.807, 2.05) is 13.8 Å². The van der Waals surface area contributed by atoms with Crippen LogP contribution in [0.2, 0.25) is 0 Å². The second-order valence-corrected chi connectivity index (χ2v) is 9.55. The lowest BCUT2D eigenvalue weighted by Crippen LogP contribution is -2.39. The molecule has 1 fully saturated rings. The zero-order chi connectivity index (χ0) is 20.9. The first-order valence-corrected chi connectivity index (χ1v) is 11.2. The Kier molecular flexibility index (Phi) is 7.60. The molecule has 156 valence electrons. The predicted octanol–water partition coefficient (Wildman–Crippen LogP) is 2.71. The minimum absolute atomic E-state index is 0.0173. The number of hydrogen-bond acceptors (Lipinski definition) is 5. The van der Waals surface area contributed by atoms with Crippen molar-refractivity contribution in [2.45, 2.75) is 76.0 Å². The number of rotatable bonds is 7. The van der Waals surface area contributed by atoms with Gasteiger partial charge in [-0.15, -0.1) is 0 Å². The fraction of sp³-hybridized carbons (Fsp3) is 0.600. The first kappa shape index (κ1) is 22.4. The molecule has 8 heteroatoms. The van der Waals surface area contributed by atoms with Gasteiger partial charge >= 0.3 is 5.97 Å². The second kappa shape index (κ2) is 9.52. The van der Waals surface area contributed by atoms with Crippen LogP contribution in [0.4, 0.5) is 0 Å². The highest BCUT2D eigenvalue weighted by Crippen LogP contribution is 2.26. The molecular weight excluding hydrogens is 380 g/mol. The van der Waals surface area contributed by atoms with Gasteiger partial charge in [-0.1, -0.05) is 19.3 Å². The molecule has 0 unspecified atom stereocenters. The third-order valence-electron chi connectivity index (χ3n) is 4.94. The van der Waals surface area contributed by atoms with Gasteiger partial charge in [-0.25, -0.2) is 13.2 Å². The summed E-state index contributed by atoms with van der Waals surface area (Å²) in [6.45, 7) is 5.12. The number of carbonyl (C=O) groups excluding carboxylic acids is 2. The van der Waals surface area contributed by atoms with E-state index in [9.17, 15) is 18.0 Å². The van der Waals surface area contributed by atoms with E-state index >= 15 is 0 Å². The predicted molar refractivity (Wildman–Crippen MR) is 106 cm³/mol. The van der Waals surface area contributed by atoms with E-state index in [4.69, 9.17) is 4.74 Å². The SMILES string of the molecule is CC(C)NC(=O)[C@@H](C)OC(=O)c1ccc(S(=O)(=O)N(C)C2CCCCC2)cc1. The van der Waals surface area contributed by atoms with Gasteiger partial charge in [0, 0.05) is 19.1 Å². The minimum atomic E-state index is -3.61. The standard InChI is InChI=1S/C20H30N2O5S/c1-14(2)21-19(23)15(3)27-20(24)16-10-12-18(13-11-16)28(25,26)22(4)17-8-6-5-7-9-17/h10-15,17H,5-9H2,1-4H3,(H,21,23)/t15-/m1/s1. The minimum Gasteiger partial charge on any atom is -0.449 e. The van der Waals surface area contributed by atoms with E-state index in [-0.39, 0.29) is 28.4 Å². The van der Waals surface area contributed by atoms with Crippen LogP contribution in [-0.2, 0) is 19.6 Å². The van der Waals surface area contributed by atoms with Crippen LogP contribution in [0.25, 0.3) is 0 Å². The lowest BCUT2D eigenvalue weighted by Gasteiger charge is -2.30. The molecule has 1 amide bonds. The molecule has 0 bridgehead atoms. The first-order chi connectivity index (χ1) is 13.1. The number of carbonyl (C=O) groups is 2. The zero-order valence-corrected chi connectivity index (χ0v) is 17.8. The van der Waals surface area contributed by atoms with Gasteiger partial charge in [-0.3, -0.25) is 4.79 Å². The van der Waals surface area contributed by atoms with Gasteiger partial charge in [0.05, 0.1) is 10.5 Å². The Labute approximate surface area is 167 Å². The van der Waals surface area contributed by atoms with Crippen LogP contribution in [0.3, 0.4) is 0 Å². The van der Waals surface area contributed by atoms with Gasteiger partial charge in [0.25, 0.3) is 5.91 Å². The van der Waals surface area contributed by atoms with Gasteiger partial charge in [0.1, 0.15) is 0 Å². The molecule has 0 saturated heterocycles. The van der Waals surface area contributed by atoms with Crippen molar-refractivity contribution in [1.82, 2.24) is 9.62 Å². The van der Waals surface area contributed by atoms with E-state index in [1.165, 1.54) is 35.5 Å². The van der Waals surface area contributed by atoms with Crippen LogP contribution >= 0.6 is 0 Å². The molecule has 0 radical (unpaired) electrons. The van der Waals surface area contributed by atoms with Crippen LogP contribution < -0.4 is 5.32 Å². The van der Waals surface area contributed by atoms with Gasteiger partial charge < -0.3 is 10.1 Å². The number of amides is 1. The van der Waals surface area contributed by atoms with Crippen LogP contribution in [0.15, 0.2) is 29.2 Å². The smallest absolute Gasteiger partial charge is 0.338 e. The Morgan fingerprint density at radius 1 is 1.07 bits per heavy atom. The third kappa shape index (κ3) is 5.54. The normalized spacial score (nSPS) is 16.8. The third-order valence-corrected chi connectivity index (χ3v) is 6.86. The topological polar surface area (TPSA) is 92.8 Å². The number of nitrogens with zero attached hydrogens (tertiary/aromatic N) is 1. The number of esters is 1. The summed E-state index contributed by atoms with van der Waals surface area (Å²) in [5, 5.41) is 2.67. The Morgan fingerprint density at radius 2 is 1.64 bits per heavy atom. The molecule has 0 aromatic heterocycles. The summed E-state index contributed by atoms with van der Waals surface area (Å²) in [4.78, 5) is 24.2. The fourth-order valence-corrected chi connectivity index (χ4v) is 4.67. The van der Waals surface area contributed by atoms with Crippen molar-refractivity contribution in [3.8, 4) is 0 Å². The maximum absolute atomic E-state index is 12.8. The summed E-state index contributed by atoms with van der Waals surface area (Å²) < 4.78 is 32.3. The summed E-state index contributed by atoms with van der Waals surface area (Å²) in [6.07, 6.45) is 4.04. The van der Waals surface area contributed by atoms with E-state index < -0.39 is 22.1 Å². The molecule has 0 aliphatic heterocycles. The lowest BCUT2D eigenvalue weighted by atomic mass is 9.96. The highest BCUT2D eigenvalue weighted by Gasteiger charge is 2.29. The average Bonchev–Trinajstić information content (AvgIpc) is 2.67. The molecule has 1 saturated carbocycles. The monoisotopic (exact) mass is 410 g/mol. The maximum Gasteiger partial charge on any atom is 0.338 e. The van der Waals surface area contributed by atoms with Crippen molar-refractivity contribution in [2.24, 2.45) is 0 Å². The van der Waals surface area contributed by atoms with Crippen LogP contribution in [-0.4, -0.2) is 49.8 Å². The first-order valence-electron chi connectivity index (χ1n) is 9.72. The molecule has 1 aliphatic rings. The molecule has 0 spiro atoms. The van der Waals surface area contributed by atoms with Crippen molar-refractivity contribution in [1.29, 1.82) is 0 Å². The molecule has 1 N–H and O–H groups in total. The molecule has 1 aromatic rings. The lowest BCUT2D eigenvalue weighted by molar-refractivity contribution is -0.129. The van der Waals surface area contributed by atoms with E-state index in [1.54, 1.807) is 7.05 Å². The Hall–Kier alpha value is -1.93. The molecule has 28 heavy (non-hydrogen) atoms. The summed E-state index contributed by atoms with van der Waals surface area (Å²) in [5.41, 5.74) is 0.198. The number of ether oxygens (including phenoxy) is 1. The highest BCUT2D eigenvalue weighted by atomic mass is 32.2. The molecule has 1 aromatic carbocycles. The molecule has 7 nitrogen and oxygen atoms in total. The summed E-state index contributed by atoms with van der Waals surface area (Å²) >= 11 is 0. The Bertz CT molecular complexity index is 783. The molecule has 1 aliphatic carbocycles. The number of benzene rings is 1. The zero-order valence-electron chi connectivity index (χ0n) is 17.0. The van der Waals surface area contributed by atoms with Crippen LogP contribution in [0.5, 0.6) is 0 Å². The Morgan fingerprint density at radius 3 is 2.18 bits per heavy atom. The maximum atomic E-state index is 12.8. The van der Waals surface area contributed by atoms with Crippen LogP contribution in [0.1, 0.15) is 63.2 Å². The quantitative estimate of drug-likeness (QED) is 0.698. The summed E-state index contributed by atoms with van der Waals surface area (Å²) in [5.74, 6) is -1.05. The number of hydrogen-bond donors (Lipinski definition) is 1. The van der Waals surface area contributed by atoms with Crippen molar-refractivity contribution in [3.05, 3.63) is 29.8 Å². The number of sulfonamides is 1. The van der Waals surface area contributed by atoms with Crippen molar-refractivity contribution in [3.63, 3.8) is 0 Å². The van der Waals surface area contributed by atoms with Gasteiger partial charge in [0.2, 0.25) is 10.0 Å². The molecular formula is C20H30N2O5S. The van der Waals surface area contributed by atoms with Crippen molar-refractivity contribution >= 4 is 21.9 Å². The van der Waals surface area contributed by atoms with Crippen molar-refractivity contribution < 1.29 is 22.7 Å². The second-order valence-electron chi connectivity index (χ2n) is 7.55. The van der Waals surface area contributed by atoms with E-state index in [0.717, 1.165) is 32.1 Å². The fourth-order valence-electron chi connectivity index (χ4n) is 3.25. The molecule has 0 heterocycles. The van der Waals surface area contributed by atoms with Crippen LogP contribution in [0, 0.1) is 0 Å². The van der Waals surface area contributed by atoms with Gasteiger partial charge in [-0.2, -0.15) is 4.31 Å². The highest BCUT2D eigenvalue weighted by molar-refractivity contribution is 7.89. The van der Waals surface area contributed by atoms with E-state index in [0.29, 0.717) is 0 Å². The average molecular weight is 411 g/mol. The molecule has 1 atom stereocenters. The van der Waals surface area contributed by atoms with Gasteiger partial charge in [-0.05, 0) is 57.9 Å². The van der Waals surface area contributed by atoms with Crippen molar-refractivity contribution in [2.75, 3.05) is 7.05 Å². The van der Waals surface area contributed by atoms with Gasteiger partial charge in [0.15, 0.2) is 6.10 Å². The Balaban J connectivity index is 2.05. The van der Waals surface area contributed by atoms with E-state index in [2.05, 4.69) is 5.32 Å². The molecule has 2 rings (SSSR count). The number of nitrogens with one attached hydrogen (secondary N) is 1. The summed E-state index contributed by atoms with van der Waals surface area (Å²) in [7, 11) is -2.00. The largest absolute Gasteiger partial charge is 0.449 e.